The number of ether oxygens (including phenoxy) is 1. The molecule has 1 fully saturated rings. The summed E-state index contributed by atoms with van der Waals surface area (Å²) in [6.07, 6.45) is 4.02. The minimum absolute atomic E-state index is 0.0989. The molecule has 122 valence electrons. The van der Waals surface area contributed by atoms with Crippen molar-refractivity contribution in [3.8, 4) is 5.88 Å². The second-order valence-electron chi connectivity index (χ2n) is 6.10. The van der Waals surface area contributed by atoms with Gasteiger partial charge in [-0.15, -0.1) is 0 Å². The summed E-state index contributed by atoms with van der Waals surface area (Å²) in [6, 6.07) is 4.09. The van der Waals surface area contributed by atoms with Crippen LogP contribution in [0, 0.1) is 5.92 Å². The first-order chi connectivity index (χ1) is 10.6. The number of rotatable bonds is 6. The summed E-state index contributed by atoms with van der Waals surface area (Å²) in [5.74, 6) is 0.834. The number of nitrogens with one attached hydrogen (secondary N) is 1. The number of hydrogen-bond acceptors (Lipinski definition) is 4. The van der Waals surface area contributed by atoms with Gasteiger partial charge in [0.05, 0.1) is 6.61 Å². The number of hydrogen-bond donors (Lipinski definition) is 1. The quantitative estimate of drug-likeness (QED) is 0.876. The molecule has 0 radical (unpaired) electrons. The van der Waals surface area contributed by atoms with Gasteiger partial charge in [-0.05, 0) is 58.2 Å². The predicted octanol–water partition coefficient (Wildman–Crippen LogP) is 2.33. The Labute approximate surface area is 133 Å². The van der Waals surface area contributed by atoms with Gasteiger partial charge in [0.2, 0.25) is 5.88 Å². The van der Waals surface area contributed by atoms with Crippen LogP contribution in [-0.2, 0) is 0 Å². The molecule has 1 amide bonds. The number of aromatic nitrogens is 1. The topological polar surface area (TPSA) is 54.5 Å². The molecule has 1 aliphatic rings. The normalized spacial score (nSPS) is 19.2. The van der Waals surface area contributed by atoms with Crippen molar-refractivity contribution in [3.63, 3.8) is 0 Å². The third kappa shape index (κ3) is 4.44. The van der Waals surface area contributed by atoms with Gasteiger partial charge in [-0.2, -0.15) is 0 Å². The van der Waals surface area contributed by atoms with E-state index < -0.39 is 0 Å². The van der Waals surface area contributed by atoms with Gasteiger partial charge in [0, 0.05) is 25.3 Å². The average molecular weight is 305 g/mol. The van der Waals surface area contributed by atoms with E-state index in [0.717, 1.165) is 6.54 Å². The second-order valence-corrected chi connectivity index (χ2v) is 6.10. The highest BCUT2D eigenvalue weighted by atomic mass is 16.5. The Bertz CT molecular complexity index is 491. The van der Waals surface area contributed by atoms with Crippen molar-refractivity contribution in [2.45, 2.75) is 39.7 Å². The van der Waals surface area contributed by atoms with Crippen LogP contribution < -0.4 is 10.1 Å². The zero-order valence-electron chi connectivity index (χ0n) is 13.8. The van der Waals surface area contributed by atoms with Crippen LogP contribution in [0.3, 0.4) is 0 Å². The minimum atomic E-state index is -0.0989. The van der Waals surface area contributed by atoms with E-state index >= 15 is 0 Å². The van der Waals surface area contributed by atoms with Crippen molar-refractivity contribution in [2.75, 3.05) is 26.2 Å². The van der Waals surface area contributed by atoms with E-state index in [-0.39, 0.29) is 5.91 Å². The van der Waals surface area contributed by atoms with Crippen LogP contribution in [0.1, 0.15) is 44.0 Å². The third-order valence-electron chi connectivity index (χ3n) is 4.13. The fraction of sp³-hybridized carbons (Fsp3) is 0.647. The highest BCUT2D eigenvalue weighted by molar-refractivity contribution is 5.96. The highest BCUT2D eigenvalue weighted by Gasteiger charge is 2.22. The smallest absolute Gasteiger partial charge is 0.256 e. The van der Waals surface area contributed by atoms with Gasteiger partial charge in [-0.1, -0.05) is 0 Å². The molecule has 22 heavy (non-hydrogen) atoms. The van der Waals surface area contributed by atoms with Crippen LogP contribution in [0.2, 0.25) is 0 Å². The van der Waals surface area contributed by atoms with Crippen molar-refractivity contribution in [3.05, 3.63) is 23.9 Å². The number of pyridine rings is 1. The predicted molar refractivity (Wildman–Crippen MR) is 87.2 cm³/mol. The summed E-state index contributed by atoms with van der Waals surface area (Å²) >= 11 is 0. The summed E-state index contributed by atoms with van der Waals surface area (Å²) in [7, 11) is 0. The van der Waals surface area contributed by atoms with Crippen LogP contribution in [0.5, 0.6) is 5.88 Å². The Kier molecular flexibility index (Phi) is 6.19. The Morgan fingerprint density at radius 3 is 3.09 bits per heavy atom. The van der Waals surface area contributed by atoms with Gasteiger partial charge in [-0.25, -0.2) is 4.98 Å². The molecule has 5 nitrogen and oxygen atoms in total. The molecule has 0 saturated carbocycles. The fourth-order valence-corrected chi connectivity index (χ4v) is 2.88. The molecule has 0 aromatic carbocycles. The molecule has 0 aliphatic carbocycles. The standard InChI is InChI=1S/C17H27N3O2/c1-4-22-17-15(8-5-9-18-17)16(21)19-11-14-7-6-10-20(12-14)13(2)3/h5,8-9,13-14H,4,6-7,10-12H2,1-3H3,(H,19,21)/t14-/m1/s1. The lowest BCUT2D eigenvalue weighted by Crippen LogP contribution is -2.43. The zero-order valence-corrected chi connectivity index (χ0v) is 13.8. The molecule has 1 aromatic heterocycles. The minimum Gasteiger partial charge on any atom is -0.477 e. The number of carbonyl (C=O) groups excluding carboxylic acids is 1. The van der Waals surface area contributed by atoms with E-state index in [1.165, 1.54) is 19.4 Å². The lowest BCUT2D eigenvalue weighted by Gasteiger charge is -2.35. The maximum Gasteiger partial charge on any atom is 0.256 e. The molecule has 0 bridgehead atoms. The van der Waals surface area contributed by atoms with Crippen molar-refractivity contribution >= 4 is 5.91 Å². The molecule has 2 heterocycles. The number of piperidine rings is 1. The van der Waals surface area contributed by atoms with Crippen LogP contribution in [0.25, 0.3) is 0 Å². The van der Waals surface area contributed by atoms with Crippen molar-refractivity contribution in [1.29, 1.82) is 0 Å². The van der Waals surface area contributed by atoms with Gasteiger partial charge in [0.1, 0.15) is 5.56 Å². The van der Waals surface area contributed by atoms with E-state index in [4.69, 9.17) is 4.74 Å². The molecular weight excluding hydrogens is 278 g/mol. The average Bonchev–Trinajstić information content (AvgIpc) is 2.53. The number of nitrogens with zero attached hydrogens (tertiary/aromatic N) is 2. The number of carbonyl (C=O) groups is 1. The lowest BCUT2D eigenvalue weighted by molar-refractivity contribution is 0.0918. The molecule has 1 aromatic rings. The van der Waals surface area contributed by atoms with Crippen LogP contribution in [0.15, 0.2) is 18.3 Å². The first kappa shape index (κ1) is 16.7. The SMILES string of the molecule is CCOc1ncccc1C(=O)NC[C@H]1CCCN(C(C)C)C1. The van der Waals surface area contributed by atoms with E-state index in [1.807, 2.05) is 6.92 Å². The lowest BCUT2D eigenvalue weighted by atomic mass is 9.97. The van der Waals surface area contributed by atoms with Crippen LogP contribution >= 0.6 is 0 Å². The molecule has 1 saturated heterocycles. The molecule has 1 atom stereocenters. The number of likely N-dealkylation sites (tertiary alicyclic amines) is 1. The highest BCUT2D eigenvalue weighted by Crippen LogP contribution is 2.18. The Morgan fingerprint density at radius 1 is 1.55 bits per heavy atom. The summed E-state index contributed by atoms with van der Waals surface area (Å²) in [5.41, 5.74) is 0.515. The maximum atomic E-state index is 12.4. The van der Waals surface area contributed by atoms with Gasteiger partial charge >= 0.3 is 0 Å². The molecule has 2 rings (SSSR count). The van der Waals surface area contributed by atoms with Gasteiger partial charge in [0.15, 0.2) is 0 Å². The monoisotopic (exact) mass is 305 g/mol. The van der Waals surface area contributed by atoms with Gasteiger partial charge in [-0.3, -0.25) is 4.79 Å². The molecular formula is C17H27N3O2. The third-order valence-corrected chi connectivity index (χ3v) is 4.13. The summed E-state index contributed by atoms with van der Waals surface area (Å²) in [5, 5.41) is 3.04. The van der Waals surface area contributed by atoms with Crippen molar-refractivity contribution < 1.29 is 9.53 Å². The Morgan fingerprint density at radius 2 is 2.36 bits per heavy atom. The first-order valence-corrected chi connectivity index (χ1v) is 8.21. The van der Waals surface area contributed by atoms with Crippen LogP contribution in [0.4, 0.5) is 0 Å². The van der Waals surface area contributed by atoms with E-state index in [2.05, 4.69) is 29.0 Å². The van der Waals surface area contributed by atoms with Crippen molar-refractivity contribution in [2.24, 2.45) is 5.92 Å². The first-order valence-electron chi connectivity index (χ1n) is 8.21. The molecule has 5 heteroatoms. The Balaban J connectivity index is 1.90. The Hall–Kier alpha value is -1.62. The summed E-state index contributed by atoms with van der Waals surface area (Å²) < 4.78 is 5.42. The molecule has 1 aliphatic heterocycles. The maximum absolute atomic E-state index is 12.4. The molecule has 0 unspecified atom stereocenters. The summed E-state index contributed by atoms with van der Waals surface area (Å²) in [4.78, 5) is 19.0. The van der Waals surface area contributed by atoms with Crippen LogP contribution in [-0.4, -0.2) is 48.1 Å². The largest absolute Gasteiger partial charge is 0.477 e. The van der Waals surface area contributed by atoms with E-state index in [9.17, 15) is 4.79 Å². The van der Waals surface area contributed by atoms with Gasteiger partial charge < -0.3 is 15.0 Å². The van der Waals surface area contributed by atoms with Crippen molar-refractivity contribution in [1.82, 2.24) is 15.2 Å². The van der Waals surface area contributed by atoms with Gasteiger partial charge in [0.25, 0.3) is 5.91 Å². The number of amides is 1. The molecule has 1 N–H and O–H groups in total. The van der Waals surface area contributed by atoms with E-state index in [0.29, 0.717) is 36.6 Å². The second kappa shape index (κ2) is 8.13. The molecule has 0 spiro atoms. The summed E-state index contributed by atoms with van der Waals surface area (Å²) in [6.45, 7) is 9.78. The van der Waals surface area contributed by atoms with E-state index in [1.54, 1.807) is 18.3 Å². The zero-order chi connectivity index (χ0) is 15.9. The fourth-order valence-electron chi connectivity index (χ4n) is 2.88.